The predicted octanol–water partition coefficient (Wildman–Crippen LogP) is 10.2. The van der Waals surface area contributed by atoms with Crippen LogP contribution in [-0.2, 0) is 43.8 Å². The molecule has 93 heavy (non-hydrogen) atoms. The van der Waals surface area contributed by atoms with E-state index >= 15 is 0 Å². The molecule has 0 aliphatic carbocycles. The first kappa shape index (κ1) is 73.0. The van der Waals surface area contributed by atoms with Crippen molar-refractivity contribution >= 4 is 84.9 Å². The Morgan fingerprint density at radius 1 is 0.613 bits per heavy atom. The quantitative estimate of drug-likeness (QED) is 0.0308. The van der Waals surface area contributed by atoms with E-state index in [1.165, 1.54) is 58.4 Å². The Balaban J connectivity index is 0.000000202. The van der Waals surface area contributed by atoms with Crippen LogP contribution in [0.4, 0.5) is 55.9 Å². The summed E-state index contributed by atoms with van der Waals surface area (Å²) in [5.41, 5.74) is 20.2. The Morgan fingerprint density at radius 3 is 1.32 bits per heavy atom. The normalized spacial score (nSPS) is 14.7. The molecule has 1 saturated heterocycles. The van der Waals surface area contributed by atoms with Gasteiger partial charge in [-0.15, -0.1) is 0 Å². The molecule has 4 aliphatic rings. The molecule has 5 aromatic heterocycles. The summed E-state index contributed by atoms with van der Waals surface area (Å²) in [6, 6.07) is 17.6. The zero-order chi connectivity index (χ0) is 67.6. The number of aromatic nitrogens is 7. The van der Waals surface area contributed by atoms with Crippen LogP contribution < -0.4 is 61.9 Å². The molecule has 1 amide bonds. The molecule has 9 heterocycles. The summed E-state index contributed by atoms with van der Waals surface area (Å²) < 4.78 is 104. The number of ether oxygens (including phenoxy) is 8. The summed E-state index contributed by atoms with van der Waals surface area (Å²) in [6.07, 6.45) is 11.9. The van der Waals surface area contributed by atoms with Crippen molar-refractivity contribution in [3.63, 3.8) is 0 Å². The van der Waals surface area contributed by atoms with Crippen LogP contribution in [0.2, 0.25) is 0 Å². The second kappa shape index (κ2) is 36.8. The van der Waals surface area contributed by atoms with Crippen molar-refractivity contribution in [2.45, 2.75) is 39.4 Å². The summed E-state index contributed by atoms with van der Waals surface area (Å²) in [6.45, 7) is 4.97. The number of amides is 1. The van der Waals surface area contributed by atoms with E-state index in [0.717, 1.165) is 36.4 Å². The number of carbonyl (C=O) groups excluding carboxylic acids is 1. The summed E-state index contributed by atoms with van der Waals surface area (Å²) in [5, 5.41) is 18.6. The number of carbonyl (C=O) groups is 1. The fourth-order valence-electron chi connectivity index (χ4n) is 8.75. The number of anilines is 4. The number of aliphatic hydroxyl groups excluding tert-OH is 1. The molecule has 0 unspecified atom stereocenters. The molecule has 4 aliphatic heterocycles. The zero-order valence-electron chi connectivity index (χ0n) is 49.4. The van der Waals surface area contributed by atoms with Gasteiger partial charge in [-0.3, -0.25) is 24.1 Å². The zero-order valence-corrected chi connectivity index (χ0v) is 53.3. The first-order chi connectivity index (χ1) is 44.9. The Kier molecular flexibility index (Phi) is 28.9. The van der Waals surface area contributed by atoms with Gasteiger partial charge in [0.2, 0.25) is 23.5 Å². The molecule has 497 valence electrons. The van der Waals surface area contributed by atoms with Crippen molar-refractivity contribution in [3.05, 3.63) is 174 Å². The van der Waals surface area contributed by atoms with E-state index in [1.54, 1.807) is 79.8 Å². The van der Waals surface area contributed by atoms with Gasteiger partial charge in [-0.05, 0) is 109 Å². The molecule has 0 saturated carbocycles. The molecular formula is C58H61Cl3F5N12O14Ti. The van der Waals surface area contributed by atoms with Crippen LogP contribution in [0.1, 0.15) is 36.5 Å². The SMILES string of the molecule is C1CCOC1.CCOC(=O)N1Cc2ccc(F)c(c2)OC/C=C/COc2cc1c([N+](=O)[O-])c(N)n2.CO.FF.Nc1nc2cc3c1[nH]c(=O)n3Cc1ccc(F)c(c1)OC/C=C/CO2.Nc1nc2cc3c1[nH]c(=O)n3Cc1ccc(F)c(c1)OC/C=C/CO2.[Cl][Ti]([Cl])[Cl]. The summed E-state index contributed by atoms with van der Waals surface area (Å²) >= 11 is -1.92. The summed E-state index contributed by atoms with van der Waals surface area (Å²) in [4.78, 5) is 66.8. The molecule has 0 atom stereocenters. The molecular weight excluding hydrogens is 1340 g/mol. The molecule has 1 fully saturated rings. The van der Waals surface area contributed by atoms with Gasteiger partial charge in [0.25, 0.3) is 0 Å². The third kappa shape index (κ3) is 21.0. The molecule has 26 nitrogen and oxygen atoms in total. The van der Waals surface area contributed by atoms with E-state index in [9.17, 15) is 37.7 Å². The van der Waals surface area contributed by atoms with Gasteiger partial charge in [-0.2, -0.15) is 15.0 Å². The first-order valence-corrected chi connectivity index (χ1v) is 34.1. The fraction of sp³-hybridized carbons (Fsp3) is 0.276. The Hall–Kier alpha value is -9.11. The van der Waals surface area contributed by atoms with Gasteiger partial charge in [-0.25, -0.2) is 27.6 Å². The minimum absolute atomic E-state index is 0.00942. The van der Waals surface area contributed by atoms with E-state index in [2.05, 4.69) is 24.9 Å². The standard InChI is InChI=1S/C19H19FN4O6.2C17H15FN4O3.C4H8O.CH4O.3ClH.F2.Ti/c1-2-28-19(25)23-11-12-5-6-13(20)15(9-12)29-7-3-4-8-30-16-10-14(23)17(24(26)27)18(21)22-16;2*18-11-4-3-10-7-13(11)24-5-1-2-6-25-14-8-12-15(16(19)20-14)21-17(23)22(12)9-10;1-2-4-5-3-1;1-2;;;;1-2;/h3-6,9-10H,2,7-8,11H2,1H3,(H2,21,22);2*1-4,7-8H,5-6,9H2,(H2,19,20)(H,21,23);1-4H2;2H,1H3;3*1H;;/q;;;;;;;;;+3/p-3/b4-3+;2*2-1+;;;;;;;. The Morgan fingerprint density at radius 2 is 0.968 bits per heavy atom. The van der Waals surface area contributed by atoms with Gasteiger partial charge >= 0.3 is 65.8 Å². The van der Waals surface area contributed by atoms with E-state index in [-0.39, 0.29) is 118 Å². The molecule has 0 spiro atoms. The number of imidazole rings is 2. The van der Waals surface area contributed by atoms with Gasteiger partial charge in [0.05, 0.1) is 42.2 Å². The average molecular weight is 1400 g/mol. The van der Waals surface area contributed by atoms with Crippen molar-refractivity contribution in [2.24, 2.45) is 0 Å². The van der Waals surface area contributed by atoms with Crippen LogP contribution in [0, 0.1) is 27.6 Å². The number of nitrogens with two attached hydrogens (primary N) is 3. The monoisotopic (exact) mass is 1400 g/mol. The van der Waals surface area contributed by atoms with E-state index in [0.29, 0.717) is 39.4 Å². The van der Waals surface area contributed by atoms with Crippen LogP contribution >= 0.6 is 27.9 Å². The molecule has 3 aromatic carbocycles. The number of halogens is 8. The van der Waals surface area contributed by atoms with Crippen molar-refractivity contribution in [2.75, 3.05) is 88.7 Å². The van der Waals surface area contributed by atoms with Crippen LogP contribution in [-0.4, -0.2) is 117 Å². The third-order valence-corrected chi connectivity index (χ3v) is 12.8. The van der Waals surface area contributed by atoms with Gasteiger partial charge in [0.1, 0.15) is 56.4 Å². The van der Waals surface area contributed by atoms with Gasteiger partial charge in [-0.1, -0.05) is 18.2 Å². The number of nitro groups is 1. The van der Waals surface area contributed by atoms with Crippen LogP contribution in [0.3, 0.4) is 0 Å². The number of nitrogens with one attached hydrogen (secondary N) is 2. The van der Waals surface area contributed by atoms with Gasteiger partial charge in [0.15, 0.2) is 46.3 Å². The molecule has 12 bridgehead atoms. The van der Waals surface area contributed by atoms with Crippen molar-refractivity contribution in [1.82, 2.24) is 34.1 Å². The van der Waals surface area contributed by atoms with E-state index < -0.39 is 54.7 Å². The second-order valence-electron chi connectivity index (χ2n) is 18.9. The van der Waals surface area contributed by atoms with Crippen LogP contribution in [0.5, 0.6) is 34.9 Å². The number of hydrogen-bond donors (Lipinski definition) is 6. The molecule has 12 rings (SSSR count). The maximum absolute atomic E-state index is 14.1. The minimum atomic E-state index is -1.92. The third-order valence-electron chi connectivity index (χ3n) is 12.8. The molecule has 35 heteroatoms. The topological polar surface area (TPSA) is 350 Å². The number of pyridine rings is 3. The van der Waals surface area contributed by atoms with E-state index in [4.69, 9.17) is 97.3 Å². The Bertz CT molecular complexity index is 3870. The molecule has 9 N–H and O–H groups in total. The van der Waals surface area contributed by atoms with Crippen molar-refractivity contribution in [1.29, 1.82) is 0 Å². The molecule has 0 radical (unpaired) electrons. The number of rotatable bonds is 2. The van der Waals surface area contributed by atoms with Crippen LogP contribution in [0.25, 0.3) is 22.1 Å². The number of aromatic amines is 2. The number of H-pyrrole nitrogens is 2. The number of nitrogen functional groups attached to an aromatic ring is 3. The summed E-state index contributed by atoms with van der Waals surface area (Å²) in [5.74, 6) is -0.672. The van der Waals surface area contributed by atoms with Gasteiger partial charge in [0, 0.05) is 47.7 Å². The molecule has 8 aromatic rings. The maximum atomic E-state index is 14.1. The van der Waals surface area contributed by atoms with E-state index in [1.807, 2.05) is 0 Å². The number of hydrogen-bond acceptors (Lipinski definition) is 20. The number of benzene rings is 3. The van der Waals surface area contributed by atoms with Crippen molar-refractivity contribution in [3.8, 4) is 34.9 Å². The van der Waals surface area contributed by atoms with Gasteiger partial charge < -0.3 is 70.2 Å². The predicted molar refractivity (Wildman–Crippen MR) is 334 cm³/mol. The Labute approximate surface area is 543 Å². The number of aliphatic hydroxyl groups is 1. The van der Waals surface area contributed by atoms with Crippen LogP contribution in [0.15, 0.2) is 119 Å². The summed E-state index contributed by atoms with van der Waals surface area (Å²) in [7, 11) is 15.9. The van der Waals surface area contributed by atoms with Crippen molar-refractivity contribution < 1.29 is 89.7 Å². The second-order valence-corrected chi connectivity index (χ2v) is 26.6. The number of fused-ring (bicyclic) bond motifs is 10. The fourth-order valence-corrected chi connectivity index (χ4v) is 8.75. The first-order valence-electron chi connectivity index (χ1n) is 27.6. The number of nitrogens with zero attached hydrogens (tertiary/aromatic N) is 7. The average Bonchev–Trinajstić information content (AvgIpc) is 1.74.